The molecule has 0 aromatic heterocycles. The third-order valence-corrected chi connectivity index (χ3v) is 8.90. The van der Waals surface area contributed by atoms with Gasteiger partial charge in [-0.1, -0.05) is 80.1 Å². The average Bonchev–Trinajstić information content (AvgIpc) is 2.67. The third kappa shape index (κ3) is 7.74. The summed E-state index contributed by atoms with van der Waals surface area (Å²) in [5, 5.41) is 0. The highest BCUT2D eigenvalue weighted by atomic mass is 14.4. The van der Waals surface area contributed by atoms with Gasteiger partial charge in [-0.15, -0.1) is 0 Å². The standard InChI is InChI=1S/C27H52/c1-7-24(15-12-23(6)22(5)11-8-20(2)3)25-16-18-27(19-17-25)26-13-9-21(4)10-14-26/h20-27H,7-19H2,1-6H3. The van der Waals surface area contributed by atoms with Crippen molar-refractivity contribution in [3.05, 3.63) is 0 Å². The summed E-state index contributed by atoms with van der Waals surface area (Å²) in [5.74, 6) is 7.93. The maximum absolute atomic E-state index is 2.53. The lowest BCUT2D eigenvalue weighted by Gasteiger charge is -2.39. The number of hydrogen-bond acceptors (Lipinski definition) is 0. The number of rotatable bonds is 10. The lowest BCUT2D eigenvalue weighted by molar-refractivity contribution is 0.120. The van der Waals surface area contributed by atoms with Crippen molar-refractivity contribution in [3.8, 4) is 0 Å². The molecule has 0 radical (unpaired) electrons. The Morgan fingerprint density at radius 2 is 1.11 bits per heavy atom. The maximum Gasteiger partial charge on any atom is -0.0386 e. The molecule has 0 heteroatoms. The summed E-state index contributed by atoms with van der Waals surface area (Å²) < 4.78 is 0. The minimum Gasteiger partial charge on any atom is -0.0651 e. The van der Waals surface area contributed by atoms with Crippen molar-refractivity contribution in [1.29, 1.82) is 0 Å². The Balaban J connectivity index is 1.70. The van der Waals surface area contributed by atoms with E-state index in [1.54, 1.807) is 38.5 Å². The molecule has 27 heavy (non-hydrogen) atoms. The van der Waals surface area contributed by atoms with Crippen molar-refractivity contribution < 1.29 is 0 Å². The fourth-order valence-corrected chi connectivity index (χ4v) is 6.26. The van der Waals surface area contributed by atoms with E-state index in [0.29, 0.717) is 0 Å². The molecule has 2 saturated carbocycles. The van der Waals surface area contributed by atoms with Gasteiger partial charge in [0.05, 0.1) is 0 Å². The Labute approximate surface area is 172 Å². The molecule has 0 N–H and O–H groups in total. The van der Waals surface area contributed by atoms with Crippen LogP contribution in [0.5, 0.6) is 0 Å². The molecule has 0 amide bonds. The normalized spacial score (nSPS) is 33.0. The Morgan fingerprint density at radius 3 is 1.59 bits per heavy atom. The van der Waals surface area contributed by atoms with Crippen molar-refractivity contribution in [3.63, 3.8) is 0 Å². The van der Waals surface area contributed by atoms with Crippen LogP contribution in [-0.2, 0) is 0 Å². The van der Waals surface area contributed by atoms with E-state index < -0.39 is 0 Å². The minimum atomic E-state index is 0.866. The molecule has 2 rings (SSSR count). The van der Waals surface area contributed by atoms with Gasteiger partial charge in [0.25, 0.3) is 0 Å². The number of hydrogen-bond donors (Lipinski definition) is 0. The van der Waals surface area contributed by atoms with Crippen LogP contribution in [0.15, 0.2) is 0 Å². The SMILES string of the molecule is CCC(CCC(C)C(C)CCC(C)C)C1CCC(C2CCC(C)CC2)CC1. The first kappa shape index (κ1) is 23.3. The van der Waals surface area contributed by atoms with Gasteiger partial charge in [0.15, 0.2) is 0 Å². The van der Waals surface area contributed by atoms with Crippen molar-refractivity contribution >= 4 is 0 Å². The molecule has 2 aliphatic rings. The smallest absolute Gasteiger partial charge is 0.0386 e. The zero-order valence-electron chi connectivity index (χ0n) is 19.8. The fraction of sp³-hybridized carbons (Fsp3) is 1.00. The molecule has 2 aliphatic carbocycles. The molecule has 0 nitrogen and oxygen atoms in total. The fourth-order valence-electron chi connectivity index (χ4n) is 6.26. The van der Waals surface area contributed by atoms with Gasteiger partial charge in [-0.05, 0) is 92.3 Å². The lowest BCUT2D eigenvalue weighted by Crippen LogP contribution is -2.28. The van der Waals surface area contributed by atoms with E-state index in [4.69, 9.17) is 0 Å². The molecule has 0 aromatic carbocycles. The second-order valence-electron chi connectivity index (χ2n) is 11.4. The summed E-state index contributed by atoms with van der Waals surface area (Å²) in [5.41, 5.74) is 0. The molecular formula is C27H52. The third-order valence-electron chi connectivity index (χ3n) is 8.90. The van der Waals surface area contributed by atoms with E-state index in [1.807, 2.05) is 0 Å². The highest BCUT2D eigenvalue weighted by Crippen LogP contribution is 2.44. The molecule has 0 aromatic rings. The predicted molar refractivity (Wildman–Crippen MR) is 122 cm³/mol. The topological polar surface area (TPSA) is 0 Å². The first-order valence-corrected chi connectivity index (χ1v) is 12.9. The van der Waals surface area contributed by atoms with Crippen LogP contribution in [0, 0.1) is 47.3 Å². The molecule has 0 heterocycles. The maximum atomic E-state index is 2.53. The van der Waals surface area contributed by atoms with Crippen molar-refractivity contribution in [2.75, 3.05) is 0 Å². The van der Waals surface area contributed by atoms with Crippen molar-refractivity contribution in [2.24, 2.45) is 47.3 Å². The average molecular weight is 377 g/mol. The van der Waals surface area contributed by atoms with Crippen LogP contribution in [0.4, 0.5) is 0 Å². The summed E-state index contributed by atoms with van der Waals surface area (Å²) in [7, 11) is 0. The van der Waals surface area contributed by atoms with Crippen LogP contribution in [0.25, 0.3) is 0 Å². The first-order valence-electron chi connectivity index (χ1n) is 12.9. The predicted octanol–water partition coefficient (Wildman–Crippen LogP) is 9.13. The van der Waals surface area contributed by atoms with E-state index in [-0.39, 0.29) is 0 Å². The highest BCUT2D eigenvalue weighted by Gasteiger charge is 2.32. The van der Waals surface area contributed by atoms with Crippen molar-refractivity contribution in [1.82, 2.24) is 0 Å². The summed E-state index contributed by atoms with van der Waals surface area (Å²) in [6.07, 6.45) is 19.5. The first-order chi connectivity index (χ1) is 12.9. The largest absolute Gasteiger partial charge is 0.0651 e. The quantitative estimate of drug-likeness (QED) is 0.356. The molecular weight excluding hydrogens is 324 g/mol. The van der Waals surface area contributed by atoms with Crippen LogP contribution in [-0.4, -0.2) is 0 Å². The summed E-state index contributed by atoms with van der Waals surface area (Å²) in [4.78, 5) is 0. The summed E-state index contributed by atoms with van der Waals surface area (Å²) >= 11 is 0. The van der Waals surface area contributed by atoms with Crippen LogP contribution in [0.3, 0.4) is 0 Å². The zero-order chi connectivity index (χ0) is 19.8. The monoisotopic (exact) mass is 376 g/mol. The minimum absolute atomic E-state index is 0.866. The molecule has 0 aliphatic heterocycles. The van der Waals surface area contributed by atoms with Gasteiger partial charge in [-0.25, -0.2) is 0 Å². The van der Waals surface area contributed by atoms with E-state index in [1.165, 1.54) is 44.9 Å². The van der Waals surface area contributed by atoms with Crippen LogP contribution in [0.1, 0.15) is 125 Å². The van der Waals surface area contributed by atoms with E-state index in [9.17, 15) is 0 Å². The summed E-state index contributed by atoms with van der Waals surface area (Å²) in [6, 6.07) is 0. The van der Waals surface area contributed by atoms with Crippen molar-refractivity contribution in [2.45, 2.75) is 125 Å². The second kappa shape index (κ2) is 11.9. The molecule has 0 spiro atoms. The zero-order valence-corrected chi connectivity index (χ0v) is 19.8. The molecule has 160 valence electrons. The molecule has 3 unspecified atom stereocenters. The lowest BCUT2D eigenvalue weighted by atomic mass is 9.66. The van der Waals surface area contributed by atoms with Gasteiger partial charge in [0.1, 0.15) is 0 Å². The van der Waals surface area contributed by atoms with Gasteiger partial charge in [0, 0.05) is 0 Å². The summed E-state index contributed by atoms with van der Waals surface area (Å²) in [6.45, 7) is 14.7. The Hall–Kier alpha value is 0. The van der Waals surface area contributed by atoms with Crippen LogP contribution in [0.2, 0.25) is 0 Å². The van der Waals surface area contributed by atoms with E-state index in [2.05, 4.69) is 41.5 Å². The molecule has 2 fully saturated rings. The van der Waals surface area contributed by atoms with Crippen LogP contribution < -0.4 is 0 Å². The highest BCUT2D eigenvalue weighted by molar-refractivity contribution is 4.83. The van der Waals surface area contributed by atoms with E-state index in [0.717, 1.165) is 47.3 Å². The molecule has 0 bridgehead atoms. The van der Waals surface area contributed by atoms with Crippen LogP contribution >= 0.6 is 0 Å². The Morgan fingerprint density at radius 1 is 0.630 bits per heavy atom. The van der Waals surface area contributed by atoms with Gasteiger partial charge in [0.2, 0.25) is 0 Å². The van der Waals surface area contributed by atoms with Gasteiger partial charge >= 0.3 is 0 Å². The molecule has 0 saturated heterocycles. The van der Waals surface area contributed by atoms with Gasteiger partial charge < -0.3 is 0 Å². The second-order valence-corrected chi connectivity index (χ2v) is 11.4. The van der Waals surface area contributed by atoms with Gasteiger partial charge in [-0.3, -0.25) is 0 Å². The van der Waals surface area contributed by atoms with E-state index >= 15 is 0 Å². The Bertz CT molecular complexity index is 367. The Kier molecular flexibility index (Phi) is 10.2. The molecule has 3 atom stereocenters. The van der Waals surface area contributed by atoms with Gasteiger partial charge in [-0.2, -0.15) is 0 Å².